The van der Waals surface area contributed by atoms with Crippen molar-refractivity contribution in [1.29, 1.82) is 0 Å². The van der Waals surface area contributed by atoms with Gasteiger partial charge in [-0.25, -0.2) is 0 Å². The predicted molar refractivity (Wildman–Crippen MR) is 66.8 cm³/mol. The Morgan fingerprint density at radius 3 is 2.94 bits per heavy atom. The van der Waals surface area contributed by atoms with Gasteiger partial charge in [-0.1, -0.05) is 26.0 Å². The van der Waals surface area contributed by atoms with Crippen molar-refractivity contribution in [2.75, 3.05) is 6.61 Å². The van der Waals surface area contributed by atoms with Gasteiger partial charge in [0.25, 0.3) is 0 Å². The number of ether oxygens (including phenoxy) is 1. The van der Waals surface area contributed by atoms with Gasteiger partial charge in [0.05, 0.1) is 6.61 Å². The van der Waals surface area contributed by atoms with E-state index in [1.54, 1.807) is 0 Å². The van der Waals surface area contributed by atoms with Crippen LogP contribution in [0.2, 0.25) is 0 Å². The van der Waals surface area contributed by atoms with Crippen LogP contribution in [0, 0.1) is 5.92 Å². The summed E-state index contributed by atoms with van der Waals surface area (Å²) in [5, 5.41) is 0. The number of nitrogens with two attached hydrogens (primary N) is 1. The van der Waals surface area contributed by atoms with Crippen molar-refractivity contribution in [3.05, 3.63) is 29.3 Å². The molecule has 0 aromatic heterocycles. The minimum Gasteiger partial charge on any atom is -0.493 e. The Hall–Kier alpha value is -1.02. The fraction of sp³-hybridized carbons (Fsp3) is 0.571. The molecule has 0 amide bonds. The van der Waals surface area contributed by atoms with Crippen LogP contribution >= 0.6 is 0 Å². The quantitative estimate of drug-likeness (QED) is 0.844. The second-order valence-electron chi connectivity index (χ2n) is 4.99. The van der Waals surface area contributed by atoms with E-state index in [1.165, 1.54) is 11.1 Å². The monoisotopic (exact) mass is 219 g/mol. The molecule has 1 aliphatic rings. The van der Waals surface area contributed by atoms with Crippen molar-refractivity contribution in [2.45, 2.75) is 39.2 Å². The summed E-state index contributed by atoms with van der Waals surface area (Å²) in [4.78, 5) is 0. The van der Waals surface area contributed by atoms with Gasteiger partial charge in [0, 0.05) is 12.5 Å². The van der Waals surface area contributed by atoms with Crippen LogP contribution in [0.1, 0.15) is 31.4 Å². The van der Waals surface area contributed by atoms with E-state index in [2.05, 4.69) is 32.0 Å². The third kappa shape index (κ3) is 2.56. The van der Waals surface area contributed by atoms with E-state index >= 15 is 0 Å². The highest BCUT2D eigenvalue weighted by atomic mass is 16.5. The fourth-order valence-corrected chi connectivity index (χ4v) is 2.06. The summed E-state index contributed by atoms with van der Waals surface area (Å²) < 4.78 is 5.49. The minimum absolute atomic E-state index is 0.310. The van der Waals surface area contributed by atoms with Crippen LogP contribution in [0.5, 0.6) is 5.75 Å². The smallest absolute Gasteiger partial charge is 0.122 e. The van der Waals surface area contributed by atoms with Crippen LogP contribution in [-0.2, 0) is 12.8 Å². The summed E-state index contributed by atoms with van der Waals surface area (Å²) in [6, 6.07) is 6.84. The fourth-order valence-electron chi connectivity index (χ4n) is 2.06. The summed E-state index contributed by atoms with van der Waals surface area (Å²) in [5.41, 5.74) is 8.80. The first-order chi connectivity index (χ1) is 7.66. The average Bonchev–Trinajstić information content (AvgIpc) is 2.72. The van der Waals surface area contributed by atoms with Crippen LogP contribution in [0.15, 0.2) is 18.2 Å². The van der Waals surface area contributed by atoms with Crippen molar-refractivity contribution in [3.63, 3.8) is 0 Å². The molecule has 1 unspecified atom stereocenters. The third-order valence-electron chi connectivity index (χ3n) is 3.38. The van der Waals surface area contributed by atoms with E-state index < -0.39 is 0 Å². The number of fused-ring (bicyclic) bond motifs is 1. The summed E-state index contributed by atoms with van der Waals surface area (Å²) in [6.45, 7) is 5.20. The molecule has 0 bridgehead atoms. The van der Waals surface area contributed by atoms with Crippen LogP contribution in [0.4, 0.5) is 0 Å². The number of aryl methyl sites for hydroxylation is 1. The van der Waals surface area contributed by atoms with E-state index in [9.17, 15) is 0 Å². The van der Waals surface area contributed by atoms with Crippen molar-refractivity contribution in [2.24, 2.45) is 11.7 Å². The molecule has 1 aliphatic heterocycles. The molecule has 2 heteroatoms. The van der Waals surface area contributed by atoms with Gasteiger partial charge in [-0.3, -0.25) is 0 Å². The van der Waals surface area contributed by atoms with Crippen LogP contribution in [0.3, 0.4) is 0 Å². The minimum atomic E-state index is 0.310. The van der Waals surface area contributed by atoms with Crippen LogP contribution in [0.25, 0.3) is 0 Å². The Balaban J connectivity index is 1.95. The van der Waals surface area contributed by atoms with Crippen molar-refractivity contribution in [3.8, 4) is 5.75 Å². The Bertz CT molecular complexity index is 360. The van der Waals surface area contributed by atoms with E-state index in [-0.39, 0.29) is 0 Å². The zero-order valence-electron chi connectivity index (χ0n) is 10.2. The van der Waals surface area contributed by atoms with E-state index in [0.29, 0.717) is 12.0 Å². The van der Waals surface area contributed by atoms with Gasteiger partial charge in [0.15, 0.2) is 0 Å². The molecule has 2 rings (SSSR count). The van der Waals surface area contributed by atoms with Crippen LogP contribution < -0.4 is 10.5 Å². The SMILES string of the molecule is CC(C)C(N)CCc1ccc2c(c1)CCO2. The molecule has 0 spiro atoms. The lowest BCUT2D eigenvalue weighted by Gasteiger charge is -2.15. The predicted octanol–water partition coefficient (Wildman–Crippen LogP) is 2.54. The van der Waals surface area contributed by atoms with Crippen LogP contribution in [-0.4, -0.2) is 12.6 Å². The standard InChI is InChI=1S/C14H21NO/c1-10(2)13(15)5-3-11-4-6-14-12(9-11)7-8-16-14/h4,6,9-10,13H,3,5,7-8,15H2,1-2H3. The van der Waals surface area contributed by atoms with Gasteiger partial charge >= 0.3 is 0 Å². The lowest BCUT2D eigenvalue weighted by atomic mass is 9.96. The number of rotatable bonds is 4. The molecule has 2 nitrogen and oxygen atoms in total. The maximum absolute atomic E-state index is 6.05. The molecule has 88 valence electrons. The van der Waals surface area contributed by atoms with Gasteiger partial charge in [0.1, 0.15) is 5.75 Å². The van der Waals surface area contributed by atoms with Crippen molar-refractivity contribution in [1.82, 2.24) is 0 Å². The lowest BCUT2D eigenvalue weighted by molar-refractivity contribution is 0.357. The van der Waals surface area contributed by atoms with Gasteiger partial charge in [-0.05, 0) is 36.0 Å². The van der Waals surface area contributed by atoms with Crippen molar-refractivity contribution >= 4 is 0 Å². The summed E-state index contributed by atoms with van der Waals surface area (Å²) in [5.74, 6) is 1.63. The summed E-state index contributed by atoms with van der Waals surface area (Å²) in [6.07, 6.45) is 3.20. The van der Waals surface area contributed by atoms with Gasteiger partial charge in [0.2, 0.25) is 0 Å². The highest BCUT2D eigenvalue weighted by Crippen LogP contribution is 2.26. The molecule has 0 saturated carbocycles. The summed E-state index contributed by atoms with van der Waals surface area (Å²) in [7, 11) is 0. The molecule has 0 radical (unpaired) electrons. The lowest BCUT2D eigenvalue weighted by Crippen LogP contribution is -2.26. The zero-order valence-corrected chi connectivity index (χ0v) is 10.2. The zero-order chi connectivity index (χ0) is 11.5. The van der Waals surface area contributed by atoms with Gasteiger partial charge in [-0.15, -0.1) is 0 Å². The van der Waals surface area contributed by atoms with E-state index in [1.807, 2.05) is 0 Å². The second-order valence-corrected chi connectivity index (χ2v) is 4.99. The van der Waals surface area contributed by atoms with Gasteiger partial charge in [-0.2, -0.15) is 0 Å². The molecule has 1 aromatic carbocycles. The third-order valence-corrected chi connectivity index (χ3v) is 3.38. The summed E-state index contributed by atoms with van der Waals surface area (Å²) >= 11 is 0. The first kappa shape index (κ1) is 11.5. The first-order valence-electron chi connectivity index (χ1n) is 6.17. The molecule has 0 fully saturated rings. The first-order valence-corrected chi connectivity index (χ1v) is 6.17. The van der Waals surface area contributed by atoms with E-state index in [4.69, 9.17) is 10.5 Å². The number of benzene rings is 1. The molecule has 2 N–H and O–H groups in total. The molecular formula is C14H21NO. The highest BCUT2D eigenvalue weighted by molar-refractivity contribution is 5.39. The molecule has 1 aromatic rings. The molecule has 1 heterocycles. The largest absolute Gasteiger partial charge is 0.493 e. The number of hydrogen-bond acceptors (Lipinski definition) is 2. The molecule has 16 heavy (non-hydrogen) atoms. The molecule has 0 saturated heterocycles. The maximum atomic E-state index is 6.05. The topological polar surface area (TPSA) is 35.2 Å². The Labute approximate surface area is 97.8 Å². The molecule has 0 aliphatic carbocycles. The average molecular weight is 219 g/mol. The highest BCUT2D eigenvalue weighted by Gasteiger charge is 2.13. The Morgan fingerprint density at radius 1 is 1.38 bits per heavy atom. The van der Waals surface area contributed by atoms with E-state index in [0.717, 1.165) is 31.6 Å². The Kier molecular flexibility index (Phi) is 3.49. The molecular weight excluding hydrogens is 198 g/mol. The maximum Gasteiger partial charge on any atom is 0.122 e. The van der Waals surface area contributed by atoms with Gasteiger partial charge < -0.3 is 10.5 Å². The Morgan fingerprint density at radius 2 is 2.19 bits per heavy atom. The normalized spacial score (nSPS) is 16.0. The molecule has 1 atom stereocenters. The van der Waals surface area contributed by atoms with Crippen molar-refractivity contribution < 1.29 is 4.74 Å². The number of hydrogen-bond donors (Lipinski definition) is 1. The second kappa shape index (κ2) is 4.88.